The number of ether oxygens (including phenoxy) is 1. The molecule has 1 aromatic carbocycles. The standard InChI is InChI=1S/C24H26Cl2N6O2/c1-3-31(2)8-9-32(15-33)23-7-4-16(11-30-23)24(28)18-10-17(5-6-22(18)27)34-14-19-20(25)12-29-13-21(19)26/h4-7,10-13,15,28H,3,8-9,14,27H2,1-2H3. The molecule has 0 saturated carbocycles. The second kappa shape index (κ2) is 11.8. The van der Waals surface area contributed by atoms with Gasteiger partial charge in [0.2, 0.25) is 6.41 Å². The van der Waals surface area contributed by atoms with Crippen LogP contribution < -0.4 is 15.4 Å². The highest BCUT2D eigenvalue weighted by molar-refractivity contribution is 6.35. The van der Waals surface area contributed by atoms with Gasteiger partial charge in [-0.1, -0.05) is 30.1 Å². The maximum atomic E-state index is 11.5. The van der Waals surface area contributed by atoms with Gasteiger partial charge in [-0.15, -0.1) is 0 Å². The number of hydrogen-bond donors (Lipinski definition) is 2. The predicted octanol–water partition coefficient (Wildman–Crippen LogP) is 4.28. The molecule has 0 saturated heterocycles. The molecule has 0 aliphatic carbocycles. The molecule has 3 rings (SSSR count). The Morgan fingerprint density at radius 2 is 1.88 bits per heavy atom. The van der Waals surface area contributed by atoms with Crippen LogP contribution >= 0.6 is 23.2 Å². The fourth-order valence-corrected chi connectivity index (χ4v) is 3.56. The summed E-state index contributed by atoms with van der Waals surface area (Å²) in [5, 5.41) is 9.46. The summed E-state index contributed by atoms with van der Waals surface area (Å²) in [6.45, 7) is 4.34. The van der Waals surface area contributed by atoms with Crippen molar-refractivity contribution < 1.29 is 9.53 Å². The molecule has 1 amide bonds. The Bertz CT molecular complexity index is 1140. The van der Waals surface area contributed by atoms with Crippen molar-refractivity contribution in [3.63, 3.8) is 0 Å². The van der Waals surface area contributed by atoms with Crippen LogP contribution in [-0.4, -0.2) is 53.7 Å². The second-order valence-corrected chi connectivity index (χ2v) is 8.41. The molecule has 0 atom stereocenters. The molecule has 0 unspecified atom stereocenters. The monoisotopic (exact) mass is 500 g/mol. The summed E-state index contributed by atoms with van der Waals surface area (Å²) in [7, 11) is 1.99. The predicted molar refractivity (Wildman–Crippen MR) is 136 cm³/mol. The lowest BCUT2D eigenvalue weighted by atomic mass is 10.0. The third kappa shape index (κ3) is 6.22. The van der Waals surface area contributed by atoms with Gasteiger partial charge in [-0.25, -0.2) is 4.98 Å². The molecule has 34 heavy (non-hydrogen) atoms. The number of nitrogens with one attached hydrogen (secondary N) is 1. The van der Waals surface area contributed by atoms with Gasteiger partial charge in [-0.05, 0) is 43.9 Å². The summed E-state index contributed by atoms with van der Waals surface area (Å²) >= 11 is 12.3. The van der Waals surface area contributed by atoms with Crippen molar-refractivity contribution in [3.05, 3.63) is 75.7 Å². The summed E-state index contributed by atoms with van der Waals surface area (Å²) in [4.78, 5) is 23.5. The van der Waals surface area contributed by atoms with E-state index in [-0.39, 0.29) is 12.3 Å². The zero-order valence-electron chi connectivity index (χ0n) is 19.0. The van der Waals surface area contributed by atoms with E-state index in [0.29, 0.717) is 50.5 Å². The van der Waals surface area contributed by atoms with Crippen molar-refractivity contribution >= 4 is 46.8 Å². The molecule has 2 heterocycles. The number of hydrogen-bond acceptors (Lipinski definition) is 7. The van der Waals surface area contributed by atoms with Gasteiger partial charge < -0.3 is 15.4 Å². The van der Waals surface area contributed by atoms with Gasteiger partial charge in [0.15, 0.2) is 0 Å². The maximum Gasteiger partial charge on any atom is 0.215 e. The Labute approximate surface area is 208 Å². The number of carbonyl (C=O) groups is 1. The molecular formula is C24H26Cl2N6O2. The molecule has 0 spiro atoms. The number of pyridine rings is 2. The van der Waals surface area contributed by atoms with E-state index in [1.165, 1.54) is 17.3 Å². The topological polar surface area (TPSA) is 108 Å². The fraction of sp³-hybridized carbons (Fsp3) is 0.250. The van der Waals surface area contributed by atoms with E-state index < -0.39 is 0 Å². The minimum atomic E-state index is 0.141. The minimum Gasteiger partial charge on any atom is -0.489 e. The van der Waals surface area contributed by atoms with Crippen molar-refractivity contribution in [2.24, 2.45) is 0 Å². The highest BCUT2D eigenvalue weighted by atomic mass is 35.5. The van der Waals surface area contributed by atoms with Crippen LogP contribution in [0.2, 0.25) is 10.0 Å². The van der Waals surface area contributed by atoms with Gasteiger partial charge in [0.05, 0.1) is 15.8 Å². The maximum absolute atomic E-state index is 11.5. The van der Waals surface area contributed by atoms with Crippen molar-refractivity contribution in [2.45, 2.75) is 13.5 Å². The molecule has 0 fully saturated rings. The van der Waals surface area contributed by atoms with E-state index in [4.69, 9.17) is 39.1 Å². The van der Waals surface area contributed by atoms with Crippen LogP contribution in [0, 0.1) is 5.41 Å². The SMILES string of the molecule is CCN(C)CCN(C=O)c1ccc(C(=N)c2cc(OCc3c(Cl)cncc3Cl)ccc2N)cn1. The molecule has 10 heteroatoms. The molecule has 3 aromatic rings. The lowest BCUT2D eigenvalue weighted by Crippen LogP contribution is -2.32. The van der Waals surface area contributed by atoms with Crippen LogP contribution in [0.15, 0.2) is 48.9 Å². The Hall–Kier alpha value is -3.20. The first-order chi connectivity index (χ1) is 16.3. The Kier molecular flexibility index (Phi) is 8.81. The lowest BCUT2D eigenvalue weighted by Gasteiger charge is -2.20. The molecule has 0 aliphatic heterocycles. The summed E-state index contributed by atoms with van der Waals surface area (Å²) < 4.78 is 5.84. The number of anilines is 2. The molecule has 3 N–H and O–H groups in total. The van der Waals surface area contributed by atoms with Crippen molar-refractivity contribution in [1.82, 2.24) is 14.9 Å². The van der Waals surface area contributed by atoms with Gasteiger partial charge in [-0.2, -0.15) is 0 Å². The Balaban J connectivity index is 1.74. The first kappa shape index (κ1) is 25.4. The van der Waals surface area contributed by atoms with Gasteiger partial charge in [0.25, 0.3) is 0 Å². The second-order valence-electron chi connectivity index (χ2n) is 7.59. The van der Waals surface area contributed by atoms with Crippen LogP contribution in [-0.2, 0) is 11.4 Å². The molecule has 8 nitrogen and oxygen atoms in total. The molecule has 2 aromatic heterocycles. The van der Waals surface area contributed by atoms with Crippen molar-refractivity contribution in [2.75, 3.05) is 37.3 Å². The van der Waals surface area contributed by atoms with E-state index in [1.54, 1.807) is 36.5 Å². The van der Waals surface area contributed by atoms with E-state index in [2.05, 4.69) is 21.8 Å². The third-order valence-electron chi connectivity index (χ3n) is 5.35. The van der Waals surface area contributed by atoms with Crippen molar-refractivity contribution in [3.8, 4) is 5.75 Å². The molecule has 0 aliphatic rings. The van der Waals surface area contributed by atoms with Crippen LogP contribution in [0.5, 0.6) is 5.75 Å². The number of aromatic nitrogens is 2. The number of nitrogen functional groups attached to an aromatic ring is 1. The smallest absolute Gasteiger partial charge is 0.215 e. The molecular weight excluding hydrogens is 475 g/mol. The summed E-state index contributed by atoms with van der Waals surface area (Å²) in [5.74, 6) is 1.03. The summed E-state index contributed by atoms with van der Waals surface area (Å²) in [6.07, 6.45) is 5.32. The number of nitrogens with zero attached hydrogens (tertiary/aromatic N) is 4. The zero-order chi connectivity index (χ0) is 24.7. The first-order valence-electron chi connectivity index (χ1n) is 10.6. The molecule has 0 radical (unpaired) electrons. The number of amides is 1. The molecule has 178 valence electrons. The van der Waals surface area contributed by atoms with Crippen LogP contribution in [0.1, 0.15) is 23.6 Å². The Morgan fingerprint density at radius 1 is 1.15 bits per heavy atom. The van der Waals surface area contributed by atoms with Crippen LogP contribution in [0.3, 0.4) is 0 Å². The van der Waals surface area contributed by atoms with Crippen molar-refractivity contribution in [1.29, 1.82) is 5.41 Å². The average Bonchev–Trinajstić information content (AvgIpc) is 2.84. The summed E-state index contributed by atoms with van der Waals surface area (Å²) in [5.41, 5.74) is 8.43. The third-order valence-corrected chi connectivity index (χ3v) is 6.00. The van der Waals surface area contributed by atoms with E-state index >= 15 is 0 Å². The van der Waals surface area contributed by atoms with E-state index in [0.717, 1.165) is 19.5 Å². The minimum absolute atomic E-state index is 0.141. The van der Waals surface area contributed by atoms with Crippen LogP contribution in [0.25, 0.3) is 0 Å². The largest absolute Gasteiger partial charge is 0.489 e. The average molecular weight is 501 g/mol. The van der Waals surface area contributed by atoms with Gasteiger partial charge in [0, 0.05) is 54.1 Å². The van der Waals surface area contributed by atoms with E-state index in [1.807, 2.05) is 7.05 Å². The number of benzene rings is 1. The highest BCUT2D eigenvalue weighted by Gasteiger charge is 2.14. The number of rotatable bonds is 11. The number of likely N-dealkylation sites (N-methyl/N-ethyl adjacent to an activating group) is 1. The first-order valence-corrected chi connectivity index (χ1v) is 11.4. The van der Waals surface area contributed by atoms with Gasteiger partial charge >= 0.3 is 0 Å². The van der Waals surface area contributed by atoms with Gasteiger partial charge in [-0.3, -0.25) is 20.1 Å². The van der Waals surface area contributed by atoms with Crippen LogP contribution in [0.4, 0.5) is 11.5 Å². The quantitative estimate of drug-likeness (QED) is 0.231. The fourth-order valence-electron chi connectivity index (χ4n) is 3.09. The summed E-state index contributed by atoms with van der Waals surface area (Å²) in [6, 6.07) is 8.54. The highest BCUT2D eigenvalue weighted by Crippen LogP contribution is 2.27. The number of halogens is 2. The molecule has 0 bridgehead atoms. The lowest BCUT2D eigenvalue weighted by molar-refractivity contribution is -0.107. The van der Waals surface area contributed by atoms with Gasteiger partial charge in [0.1, 0.15) is 18.2 Å². The normalized spacial score (nSPS) is 10.9. The number of nitrogens with two attached hydrogens (primary N) is 1. The van der Waals surface area contributed by atoms with E-state index in [9.17, 15) is 4.79 Å². The Morgan fingerprint density at radius 3 is 2.50 bits per heavy atom. The zero-order valence-corrected chi connectivity index (χ0v) is 20.5. The number of carbonyl (C=O) groups excluding carboxylic acids is 1.